The van der Waals surface area contributed by atoms with Crippen molar-refractivity contribution in [1.82, 2.24) is 10.3 Å². The van der Waals surface area contributed by atoms with E-state index < -0.39 is 24.3 Å². The molecule has 0 unspecified atom stereocenters. The lowest BCUT2D eigenvalue weighted by Crippen LogP contribution is -2.42. The highest BCUT2D eigenvalue weighted by atomic mass is 79.9. The van der Waals surface area contributed by atoms with Gasteiger partial charge < -0.3 is 0 Å². The molecule has 3 N–H and O–H groups in total. The van der Waals surface area contributed by atoms with Crippen LogP contribution in [-0.2, 0) is 4.79 Å². The molecular weight excluding hydrogens is 530 g/mol. The molecule has 106 valence electrons. The van der Waals surface area contributed by atoms with Crippen LogP contribution in [0.1, 0.15) is 20.7 Å². The zero-order chi connectivity index (χ0) is 15.2. The quantitative estimate of drug-likeness (QED) is 0.152. The first-order valence-corrected chi connectivity index (χ1v) is 8.20. The van der Waals surface area contributed by atoms with Gasteiger partial charge in [-0.3, -0.25) is 24.7 Å². The Hall–Kier alpha value is -0.290. The normalized spacial score (nSPS) is 13.8. The van der Waals surface area contributed by atoms with Crippen molar-refractivity contribution in [3.8, 4) is 0 Å². The van der Waals surface area contributed by atoms with Gasteiger partial charge in [0.25, 0.3) is 17.7 Å². The lowest BCUT2D eigenvalue weighted by atomic mass is 10.1. The first-order chi connectivity index (χ1) is 9.31. The molecule has 10 heteroatoms. The zero-order valence-electron chi connectivity index (χ0n) is 9.47. The van der Waals surface area contributed by atoms with Crippen LogP contribution in [0.15, 0.2) is 17.9 Å². The van der Waals surface area contributed by atoms with E-state index >= 15 is 0 Å². The number of hydrogen-bond acceptors (Lipinski definition) is 4. The predicted octanol–water partition coefficient (Wildman–Crippen LogP) is 2.32. The minimum Gasteiger partial charge on any atom is -0.293 e. The molecule has 1 aromatic carbocycles. The minimum atomic E-state index is -0.634. The van der Waals surface area contributed by atoms with Crippen molar-refractivity contribution >= 4 is 81.4 Å². The van der Waals surface area contributed by atoms with Crippen LogP contribution in [0.3, 0.4) is 0 Å². The molecule has 2 rings (SSSR count). The van der Waals surface area contributed by atoms with Gasteiger partial charge in [-0.15, -0.1) is 0 Å². The van der Waals surface area contributed by atoms with E-state index in [-0.39, 0.29) is 11.1 Å². The summed E-state index contributed by atoms with van der Waals surface area (Å²) in [5.74, 6) is 3.22. The molecule has 0 saturated carbocycles. The van der Waals surface area contributed by atoms with Gasteiger partial charge >= 0.3 is 0 Å². The monoisotopic (exact) mass is 531 g/mol. The van der Waals surface area contributed by atoms with Crippen molar-refractivity contribution in [1.29, 1.82) is 0 Å². The van der Waals surface area contributed by atoms with Crippen LogP contribution >= 0.6 is 63.7 Å². The summed E-state index contributed by atoms with van der Waals surface area (Å²) in [5, 5.41) is 0. The number of halogens is 4. The molecule has 1 heterocycles. The molecular formula is C10H5Br4N3O3. The molecule has 0 aliphatic carbocycles. The second-order valence-corrected chi connectivity index (χ2v) is 6.94. The van der Waals surface area contributed by atoms with Crippen LogP contribution in [0.4, 0.5) is 0 Å². The van der Waals surface area contributed by atoms with Gasteiger partial charge in [-0.1, -0.05) is 0 Å². The summed E-state index contributed by atoms with van der Waals surface area (Å²) in [6.45, 7) is -0.434. The van der Waals surface area contributed by atoms with Crippen LogP contribution < -0.4 is 11.3 Å². The van der Waals surface area contributed by atoms with E-state index in [1.807, 2.05) is 5.43 Å². The van der Waals surface area contributed by atoms with Crippen LogP contribution in [0.25, 0.3) is 0 Å². The summed E-state index contributed by atoms with van der Waals surface area (Å²) in [5.41, 5.74) is 2.28. The van der Waals surface area contributed by atoms with Crippen LogP contribution in [0.5, 0.6) is 0 Å². The van der Waals surface area contributed by atoms with Crippen LogP contribution in [0.2, 0.25) is 0 Å². The Labute approximate surface area is 146 Å². The topological polar surface area (TPSA) is 92.5 Å². The molecule has 0 aromatic heterocycles. The maximum Gasteiger partial charge on any atom is 0.263 e. The zero-order valence-corrected chi connectivity index (χ0v) is 15.8. The summed E-state index contributed by atoms with van der Waals surface area (Å²) in [7, 11) is 0. The number of hydrogen-bond donors (Lipinski definition) is 2. The van der Waals surface area contributed by atoms with Crippen LogP contribution in [0, 0.1) is 0 Å². The number of benzene rings is 1. The first kappa shape index (κ1) is 16.1. The number of imide groups is 1. The summed E-state index contributed by atoms with van der Waals surface area (Å²) < 4.78 is 2.07. The third-order valence-electron chi connectivity index (χ3n) is 2.65. The van der Waals surface area contributed by atoms with E-state index in [2.05, 4.69) is 63.7 Å². The summed E-state index contributed by atoms with van der Waals surface area (Å²) in [4.78, 5) is 36.7. The number of carbonyl (C=O) groups excluding carboxylic acids is 3. The average Bonchev–Trinajstić information content (AvgIpc) is 2.67. The van der Waals surface area contributed by atoms with Gasteiger partial charge in [-0.2, -0.15) is 0 Å². The molecule has 0 bridgehead atoms. The molecule has 0 atom stereocenters. The summed E-state index contributed by atoms with van der Waals surface area (Å²) in [6.07, 6.45) is 0. The Morgan fingerprint density at radius 3 is 1.70 bits per heavy atom. The number of fused-ring (bicyclic) bond motifs is 1. The molecule has 6 nitrogen and oxygen atoms in total. The van der Waals surface area contributed by atoms with Gasteiger partial charge in [-0.05, 0) is 63.7 Å². The lowest BCUT2D eigenvalue weighted by Gasteiger charge is -2.11. The van der Waals surface area contributed by atoms with Crippen molar-refractivity contribution < 1.29 is 14.4 Å². The largest absolute Gasteiger partial charge is 0.293 e. The molecule has 1 aromatic rings. The molecule has 1 aliphatic heterocycles. The molecule has 0 saturated heterocycles. The summed E-state index contributed by atoms with van der Waals surface area (Å²) >= 11 is 13.2. The maximum atomic E-state index is 12.3. The number of rotatable bonds is 2. The van der Waals surface area contributed by atoms with Crippen molar-refractivity contribution in [2.75, 3.05) is 6.54 Å². The Morgan fingerprint density at radius 2 is 1.35 bits per heavy atom. The van der Waals surface area contributed by atoms with Gasteiger partial charge in [0.1, 0.15) is 6.54 Å². The van der Waals surface area contributed by atoms with Gasteiger partial charge in [0.05, 0.1) is 11.1 Å². The van der Waals surface area contributed by atoms with Crippen molar-refractivity contribution in [2.45, 2.75) is 0 Å². The van der Waals surface area contributed by atoms with Gasteiger partial charge in [0, 0.05) is 17.9 Å². The van der Waals surface area contributed by atoms with E-state index in [9.17, 15) is 14.4 Å². The Balaban J connectivity index is 2.60. The van der Waals surface area contributed by atoms with Crippen molar-refractivity contribution in [2.24, 2.45) is 5.84 Å². The second kappa shape index (κ2) is 5.84. The minimum absolute atomic E-state index is 0.196. The van der Waals surface area contributed by atoms with Crippen molar-refractivity contribution in [3.63, 3.8) is 0 Å². The van der Waals surface area contributed by atoms with Crippen LogP contribution in [-0.4, -0.2) is 29.2 Å². The first-order valence-electron chi connectivity index (χ1n) is 5.02. The fourth-order valence-electron chi connectivity index (χ4n) is 1.73. The molecule has 0 radical (unpaired) electrons. The maximum absolute atomic E-state index is 12.3. The number of amides is 3. The second-order valence-electron chi connectivity index (χ2n) is 3.77. The standard InChI is InChI=1S/C10H5Br4N3O3/c11-5-3-4(6(12)8(14)7(5)13)10(20)17(9(3)19)1-2(18)16-15/h1,15H2,(H,16,18). The van der Waals surface area contributed by atoms with Gasteiger partial charge in [-0.25, -0.2) is 5.84 Å². The third kappa shape index (κ3) is 2.37. The Kier molecular flexibility index (Phi) is 4.69. The number of nitrogens with one attached hydrogen (secondary N) is 1. The highest BCUT2D eigenvalue weighted by molar-refractivity contribution is 9.15. The Bertz CT molecular complexity index is 615. The lowest BCUT2D eigenvalue weighted by molar-refractivity contribution is -0.121. The molecule has 20 heavy (non-hydrogen) atoms. The van der Waals surface area contributed by atoms with E-state index in [1.54, 1.807) is 0 Å². The smallest absolute Gasteiger partial charge is 0.263 e. The van der Waals surface area contributed by atoms with E-state index in [0.717, 1.165) is 4.90 Å². The SMILES string of the molecule is NNC(=O)CN1C(=O)c2c(Br)c(Br)c(Br)c(Br)c2C1=O. The number of carbonyl (C=O) groups is 3. The third-order valence-corrected chi connectivity index (χ3v) is 7.42. The molecule has 0 fully saturated rings. The molecule has 1 aliphatic rings. The van der Waals surface area contributed by atoms with Gasteiger partial charge in [0.15, 0.2) is 0 Å². The highest BCUT2D eigenvalue weighted by Crippen LogP contribution is 2.45. The molecule has 3 amide bonds. The number of nitrogens with two attached hydrogens (primary N) is 1. The summed E-state index contributed by atoms with van der Waals surface area (Å²) in [6, 6.07) is 0. The van der Waals surface area contributed by atoms with Crippen molar-refractivity contribution in [3.05, 3.63) is 29.0 Å². The highest BCUT2D eigenvalue weighted by Gasteiger charge is 2.41. The fourth-order valence-corrected chi connectivity index (χ4v) is 4.19. The number of nitrogens with zero attached hydrogens (tertiary/aromatic N) is 1. The number of hydrazine groups is 1. The average molecular weight is 535 g/mol. The van der Waals surface area contributed by atoms with E-state index in [0.29, 0.717) is 17.9 Å². The predicted molar refractivity (Wildman–Crippen MR) is 84.9 cm³/mol. The molecule has 0 spiro atoms. The Morgan fingerprint density at radius 1 is 0.950 bits per heavy atom. The van der Waals surface area contributed by atoms with E-state index in [1.165, 1.54) is 0 Å². The van der Waals surface area contributed by atoms with E-state index in [4.69, 9.17) is 5.84 Å². The van der Waals surface area contributed by atoms with Gasteiger partial charge in [0.2, 0.25) is 0 Å². The fraction of sp³-hybridized carbons (Fsp3) is 0.100.